The molecule has 1 aromatic rings. The van der Waals surface area contributed by atoms with E-state index >= 15 is 0 Å². The van der Waals surface area contributed by atoms with E-state index in [9.17, 15) is 23.3 Å². The van der Waals surface area contributed by atoms with Gasteiger partial charge in [-0.3, -0.25) is 23.3 Å². The summed E-state index contributed by atoms with van der Waals surface area (Å²) in [5.74, 6) is -1.19. The number of rotatable bonds is 5. The molecule has 0 N–H and O–H groups in total. The Labute approximate surface area is 114 Å². The van der Waals surface area contributed by atoms with Crippen LogP contribution in [0.3, 0.4) is 0 Å². The van der Waals surface area contributed by atoms with Gasteiger partial charge in [-0.1, -0.05) is 0 Å². The maximum absolute atomic E-state index is 11.9. The summed E-state index contributed by atoms with van der Waals surface area (Å²) in [5, 5.41) is 10.9. The smallest absolute Gasteiger partial charge is 0.318 e. The van der Waals surface area contributed by atoms with Gasteiger partial charge < -0.3 is 4.74 Å². The van der Waals surface area contributed by atoms with Crippen LogP contribution < -0.4 is 0 Å². The number of nitrogens with zero attached hydrogens (tertiary/aromatic N) is 1. The Morgan fingerprint density at radius 3 is 2.53 bits per heavy atom. The molecule has 0 saturated heterocycles. The molecule has 0 amide bonds. The standard InChI is InChI=1S/C10H11NO6S2/c1-17-10(12)6-19(16)9-4-3-7(18(2)15)5-8(9)11(13)14/h3-5H,6H2,1-2H3. The first-order valence-corrected chi connectivity index (χ1v) is 7.81. The summed E-state index contributed by atoms with van der Waals surface area (Å²) in [4.78, 5) is 21.4. The van der Waals surface area contributed by atoms with Crippen LogP contribution in [0.4, 0.5) is 5.69 Å². The van der Waals surface area contributed by atoms with Gasteiger partial charge in [-0.05, 0) is 12.1 Å². The third kappa shape index (κ3) is 3.93. The highest BCUT2D eigenvalue weighted by atomic mass is 32.2. The lowest BCUT2D eigenvalue weighted by atomic mass is 10.3. The van der Waals surface area contributed by atoms with Crippen LogP contribution in [0, 0.1) is 10.1 Å². The Morgan fingerprint density at radius 1 is 1.42 bits per heavy atom. The summed E-state index contributed by atoms with van der Waals surface area (Å²) in [6, 6.07) is 3.72. The fraction of sp³-hybridized carbons (Fsp3) is 0.300. The molecule has 0 bridgehead atoms. The quantitative estimate of drug-likeness (QED) is 0.448. The molecule has 7 nitrogen and oxygen atoms in total. The van der Waals surface area contributed by atoms with Crippen LogP contribution in [0.25, 0.3) is 0 Å². The van der Waals surface area contributed by atoms with Crippen molar-refractivity contribution in [1.29, 1.82) is 0 Å². The van der Waals surface area contributed by atoms with Gasteiger partial charge in [0.1, 0.15) is 10.6 Å². The van der Waals surface area contributed by atoms with Gasteiger partial charge in [0.15, 0.2) is 0 Å². The van der Waals surface area contributed by atoms with E-state index in [1.807, 2.05) is 0 Å². The molecule has 0 aliphatic rings. The minimum Gasteiger partial charge on any atom is -0.468 e. The zero-order chi connectivity index (χ0) is 14.6. The third-order valence-corrected chi connectivity index (χ3v) is 4.43. The first-order valence-electron chi connectivity index (χ1n) is 4.94. The number of ether oxygens (including phenoxy) is 1. The number of hydrogen-bond donors (Lipinski definition) is 0. The van der Waals surface area contributed by atoms with Crippen molar-refractivity contribution in [3.05, 3.63) is 28.3 Å². The first-order chi connectivity index (χ1) is 8.86. The number of esters is 1. The van der Waals surface area contributed by atoms with Crippen LogP contribution in [0.5, 0.6) is 0 Å². The fourth-order valence-corrected chi connectivity index (χ4v) is 2.87. The monoisotopic (exact) mass is 305 g/mol. The van der Waals surface area contributed by atoms with Crippen molar-refractivity contribution in [2.45, 2.75) is 9.79 Å². The van der Waals surface area contributed by atoms with E-state index in [4.69, 9.17) is 0 Å². The molecule has 0 aliphatic heterocycles. The predicted octanol–water partition coefficient (Wildman–Crippen LogP) is 0.613. The molecule has 19 heavy (non-hydrogen) atoms. The Balaban J connectivity index is 3.20. The second-order valence-corrected chi connectivity index (χ2v) is 6.21. The summed E-state index contributed by atoms with van der Waals surface area (Å²) in [6.07, 6.45) is 1.38. The highest BCUT2D eigenvalue weighted by Gasteiger charge is 2.22. The molecule has 2 unspecified atom stereocenters. The molecule has 9 heteroatoms. The average molecular weight is 305 g/mol. The SMILES string of the molecule is COC(=O)CS(=O)c1ccc(S(C)=O)cc1[N+](=O)[O-]. The Bertz CT molecular complexity index is 571. The Morgan fingerprint density at radius 2 is 2.05 bits per heavy atom. The van der Waals surface area contributed by atoms with E-state index in [1.54, 1.807) is 0 Å². The van der Waals surface area contributed by atoms with Crippen LogP contribution in [0.15, 0.2) is 28.0 Å². The van der Waals surface area contributed by atoms with Crippen molar-refractivity contribution >= 4 is 33.3 Å². The van der Waals surface area contributed by atoms with Crippen LogP contribution >= 0.6 is 0 Å². The van der Waals surface area contributed by atoms with E-state index in [0.717, 1.165) is 13.2 Å². The van der Waals surface area contributed by atoms with E-state index in [1.165, 1.54) is 18.4 Å². The molecule has 2 atom stereocenters. The lowest BCUT2D eigenvalue weighted by Crippen LogP contribution is -2.13. The van der Waals surface area contributed by atoms with Gasteiger partial charge in [-0.15, -0.1) is 0 Å². The van der Waals surface area contributed by atoms with E-state index in [-0.39, 0.29) is 9.79 Å². The van der Waals surface area contributed by atoms with Gasteiger partial charge in [0.2, 0.25) is 0 Å². The molecule has 1 aromatic carbocycles. The summed E-state index contributed by atoms with van der Waals surface area (Å²) in [6.45, 7) is 0. The summed E-state index contributed by atoms with van der Waals surface area (Å²) >= 11 is 0. The van der Waals surface area contributed by atoms with E-state index < -0.39 is 43.9 Å². The summed E-state index contributed by atoms with van der Waals surface area (Å²) in [5.41, 5.74) is -0.421. The van der Waals surface area contributed by atoms with Gasteiger partial charge in [-0.25, -0.2) is 0 Å². The number of nitro benzene ring substituents is 1. The summed E-state index contributed by atoms with van der Waals surface area (Å²) in [7, 11) is -2.13. The van der Waals surface area contributed by atoms with Crippen molar-refractivity contribution in [3.63, 3.8) is 0 Å². The Hall–Kier alpha value is -1.61. The van der Waals surface area contributed by atoms with Gasteiger partial charge >= 0.3 is 5.97 Å². The summed E-state index contributed by atoms with van der Waals surface area (Å²) < 4.78 is 27.5. The number of methoxy groups -OCH3 is 1. The minimum atomic E-state index is -1.88. The van der Waals surface area contributed by atoms with Crippen molar-refractivity contribution in [2.24, 2.45) is 0 Å². The second kappa shape index (κ2) is 6.53. The number of nitro groups is 1. The molecule has 0 saturated carbocycles. The number of carbonyl (C=O) groups excluding carboxylic acids is 1. The molecule has 0 aromatic heterocycles. The van der Waals surface area contributed by atoms with Crippen molar-refractivity contribution in [2.75, 3.05) is 19.1 Å². The molecule has 104 valence electrons. The highest BCUT2D eigenvalue weighted by Crippen LogP contribution is 2.25. The zero-order valence-corrected chi connectivity index (χ0v) is 11.8. The number of hydrogen-bond acceptors (Lipinski definition) is 6. The molecule has 0 aliphatic carbocycles. The second-order valence-electron chi connectivity index (χ2n) is 3.41. The van der Waals surface area contributed by atoms with Gasteiger partial charge in [0.25, 0.3) is 5.69 Å². The lowest BCUT2D eigenvalue weighted by Gasteiger charge is -2.04. The fourth-order valence-electron chi connectivity index (χ4n) is 1.25. The average Bonchev–Trinajstić information content (AvgIpc) is 2.37. The van der Waals surface area contributed by atoms with Gasteiger partial charge in [0, 0.05) is 17.2 Å². The van der Waals surface area contributed by atoms with Crippen LogP contribution in [0.2, 0.25) is 0 Å². The van der Waals surface area contributed by atoms with Gasteiger partial charge in [-0.2, -0.15) is 0 Å². The van der Waals surface area contributed by atoms with Crippen molar-refractivity contribution < 1.29 is 22.9 Å². The van der Waals surface area contributed by atoms with Crippen LogP contribution in [-0.2, 0) is 31.1 Å². The highest BCUT2D eigenvalue weighted by molar-refractivity contribution is 7.86. The lowest BCUT2D eigenvalue weighted by molar-refractivity contribution is -0.388. The Kier molecular flexibility index (Phi) is 5.31. The maximum Gasteiger partial charge on any atom is 0.318 e. The molecule has 1 rings (SSSR count). The minimum absolute atomic E-state index is 0.0930. The van der Waals surface area contributed by atoms with Gasteiger partial charge in [0.05, 0.1) is 33.6 Å². The first kappa shape index (κ1) is 15.4. The number of carbonyl (C=O) groups is 1. The van der Waals surface area contributed by atoms with E-state index in [2.05, 4.69) is 4.74 Å². The topological polar surface area (TPSA) is 104 Å². The van der Waals surface area contributed by atoms with Crippen molar-refractivity contribution in [3.8, 4) is 0 Å². The molecule has 0 spiro atoms. The molecular weight excluding hydrogens is 294 g/mol. The third-order valence-electron chi connectivity index (χ3n) is 2.18. The molecule has 0 heterocycles. The zero-order valence-electron chi connectivity index (χ0n) is 10.2. The van der Waals surface area contributed by atoms with Crippen LogP contribution in [0.1, 0.15) is 0 Å². The van der Waals surface area contributed by atoms with Crippen LogP contribution in [-0.4, -0.2) is 38.4 Å². The molecule has 0 fully saturated rings. The molecule has 0 radical (unpaired) electrons. The van der Waals surface area contributed by atoms with Crippen molar-refractivity contribution in [1.82, 2.24) is 0 Å². The maximum atomic E-state index is 11.9. The van der Waals surface area contributed by atoms with E-state index in [0.29, 0.717) is 0 Å². The normalized spacial score (nSPS) is 13.6. The molecular formula is C10H11NO6S2. The predicted molar refractivity (Wildman–Crippen MR) is 68.7 cm³/mol. The number of benzene rings is 1. The largest absolute Gasteiger partial charge is 0.468 e.